The molecule has 2 atom stereocenters. The molecule has 1 fully saturated rings. The van der Waals surface area contributed by atoms with Crippen molar-refractivity contribution in [3.05, 3.63) is 71.8 Å². The van der Waals surface area contributed by atoms with Crippen LogP contribution in [-0.4, -0.2) is 9.36 Å². The molecule has 1 saturated heterocycles. The van der Waals surface area contributed by atoms with Crippen molar-refractivity contribution in [2.75, 3.05) is 0 Å². The molecular formula is C17H17Cl2N. The van der Waals surface area contributed by atoms with E-state index in [-0.39, 0.29) is 5.54 Å². The smallest absolute Gasteiger partial charge is 0.195 e. The lowest BCUT2D eigenvalue weighted by Gasteiger charge is -2.15. The van der Waals surface area contributed by atoms with Crippen LogP contribution in [0.25, 0.3) is 0 Å². The minimum atomic E-state index is -0.834. The summed E-state index contributed by atoms with van der Waals surface area (Å²) < 4.78 is -0.834. The van der Waals surface area contributed by atoms with Crippen molar-refractivity contribution in [1.29, 1.82) is 0 Å². The van der Waals surface area contributed by atoms with Gasteiger partial charge in [0.1, 0.15) is 0 Å². The Hall–Kier alpha value is -1.02. The normalized spacial score (nSPS) is 27.2. The van der Waals surface area contributed by atoms with Crippen molar-refractivity contribution >= 4 is 23.2 Å². The summed E-state index contributed by atoms with van der Waals surface area (Å²) in [5.41, 5.74) is 2.13. The number of rotatable bonds is 4. The zero-order chi connectivity index (χ0) is 14.2. The Bertz CT molecular complexity index is 582. The van der Waals surface area contributed by atoms with Crippen LogP contribution < -0.4 is 0 Å². The van der Waals surface area contributed by atoms with Crippen molar-refractivity contribution in [2.45, 2.75) is 29.9 Å². The zero-order valence-electron chi connectivity index (χ0n) is 11.4. The van der Waals surface area contributed by atoms with Crippen LogP contribution in [0.2, 0.25) is 0 Å². The van der Waals surface area contributed by atoms with Crippen LogP contribution in [0.5, 0.6) is 0 Å². The number of halogens is 2. The number of hydrogen-bond acceptors (Lipinski definition) is 1. The molecule has 0 aliphatic carbocycles. The van der Waals surface area contributed by atoms with E-state index in [1.807, 2.05) is 36.4 Å². The Morgan fingerprint density at radius 2 is 1.45 bits per heavy atom. The third-order valence-corrected chi connectivity index (χ3v) is 5.23. The summed E-state index contributed by atoms with van der Waals surface area (Å²) >= 11 is 13.2. The molecule has 0 bridgehead atoms. The first-order chi connectivity index (χ1) is 9.63. The fourth-order valence-corrected chi connectivity index (χ4v) is 4.07. The minimum absolute atomic E-state index is 0.285. The molecule has 0 aromatic heterocycles. The fraction of sp³-hybridized carbons (Fsp3) is 0.294. The second kappa shape index (κ2) is 5.07. The Kier molecular flexibility index (Phi) is 3.53. The minimum Gasteiger partial charge on any atom is -0.252 e. The van der Waals surface area contributed by atoms with Gasteiger partial charge in [-0.25, -0.2) is 0 Å². The molecule has 0 radical (unpaired) electrons. The monoisotopic (exact) mass is 305 g/mol. The summed E-state index contributed by atoms with van der Waals surface area (Å²) in [4.78, 5) is 2.16. The molecular weight excluding hydrogens is 289 g/mol. The van der Waals surface area contributed by atoms with Crippen LogP contribution in [0.15, 0.2) is 60.7 Å². The third-order valence-electron chi connectivity index (χ3n) is 4.19. The topological polar surface area (TPSA) is 3.01 Å². The van der Waals surface area contributed by atoms with Gasteiger partial charge in [-0.3, -0.25) is 4.90 Å². The van der Waals surface area contributed by atoms with Crippen molar-refractivity contribution < 1.29 is 0 Å². The molecule has 3 rings (SSSR count). The van der Waals surface area contributed by atoms with Gasteiger partial charge in [0.2, 0.25) is 0 Å². The van der Waals surface area contributed by atoms with E-state index in [1.165, 1.54) is 11.1 Å². The molecule has 1 heterocycles. The summed E-state index contributed by atoms with van der Waals surface area (Å²) in [6.07, 6.45) is 0.886. The highest BCUT2D eigenvalue weighted by molar-refractivity contribution is 6.51. The quantitative estimate of drug-likeness (QED) is 0.439. The first-order valence-electron chi connectivity index (χ1n) is 6.88. The molecule has 3 heteroatoms. The highest BCUT2D eigenvalue weighted by atomic mass is 35.5. The number of nitrogens with zero attached hydrogens (tertiary/aromatic N) is 1. The second-order valence-electron chi connectivity index (χ2n) is 5.19. The Labute approximate surface area is 130 Å². The fourth-order valence-electron chi connectivity index (χ4n) is 3.05. The maximum atomic E-state index is 6.61. The molecule has 1 nitrogen and oxygen atoms in total. The largest absolute Gasteiger partial charge is 0.252 e. The first kappa shape index (κ1) is 13.9. The zero-order valence-corrected chi connectivity index (χ0v) is 12.9. The Morgan fingerprint density at radius 1 is 0.900 bits per heavy atom. The van der Waals surface area contributed by atoms with Gasteiger partial charge in [-0.2, -0.15) is 0 Å². The molecule has 0 saturated carbocycles. The van der Waals surface area contributed by atoms with Gasteiger partial charge >= 0.3 is 0 Å². The van der Waals surface area contributed by atoms with Crippen LogP contribution in [0.3, 0.4) is 0 Å². The van der Waals surface area contributed by atoms with Crippen LogP contribution >= 0.6 is 23.2 Å². The van der Waals surface area contributed by atoms with Gasteiger partial charge in [-0.05, 0) is 17.5 Å². The number of benzene rings is 2. The van der Waals surface area contributed by atoms with Crippen molar-refractivity contribution in [3.8, 4) is 0 Å². The average Bonchev–Trinajstić information content (AvgIpc) is 2.97. The molecule has 1 aliphatic heterocycles. The molecule has 1 aliphatic rings. The molecule has 2 aromatic carbocycles. The molecule has 20 heavy (non-hydrogen) atoms. The summed E-state index contributed by atoms with van der Waals surface area (Å²) in [5, 5.41) is 0. The van der Waals surface area contributed by atoms with Crippen molar-refractivity contribution in [1.82, 2.24) is 4.90 Å². The van der Waals surface area contributed by atoms with Gasteiger partial charge in [0.05, 0.1) is 5.54 Å². The average molecular weight is 306 g/mol. The summed E-state index contributed by atoms with van der Waals surface area (Å²) in [5.74, 6) is 0. The summed E-state index contributed by atoms with van der Waals surface area (Å²) in [6.45, 7) is 2.90. The van der Waals surface area contributed by atoms with Crippen LogP contribution in [-0.2, 0) is 12.1 Å². The van der Waals surface area contributed by atoms with Gasteiger partial charge in [0.25, 0.3) is 0 Å². The van der Waals surface area contributed by atoms with Gasteiger partial charge in [-0.1, -0.05) is 90.8 Å². The molecule has 104 valence electrons. The van der Waals surface area contributed by atoms with E-state index in [0.29, 0.717) is 0 Å². The number of alkyl halides is 2. The highest BCUT2D eigenvalue weighted by Gasteiger charge is 2.73. The van der Waals surface area contributed by atoms with Crippen LogP contribution in [0.4, 0.5) is 0 Å². The second-order valence-corrected chi connectivity index (χ2v) is 6.48. The lowest BCUT2D eigenvalue weighted by Crippen LogP contribution is -2.16. The van der Waals surface area contributed by atoms with Gasteiger partial charge in [0, 0.05) is 6.54 Å². The van der Waals surface area contributed by atoms with Gasteiger partial charge in [0.15, 0.2) is 4.46 Å². The first-order valence-corrected chi connectivity index (χ1v) is 7.63. The molecule has 2 unspecified atom stereocenters. The standard InChI is InChI=1S/C17H17Cl2N/c1-2-16(15-11-7-4-8-12-15)17(18,19)20(16)13-14-9-5-3-6-10-14/h3-12H,2,13H2,1H3. The molecule has 0 N–H and O–H groups in total. The van der Waals surface area contributed by atoms with E-state index in [4.69, 9.17) is 23.2 Å². The van der Waals surface area contributed by atoms with E-state index in [1.54, 1.807) is 0 Å². The number of hydrogen-bond donors (Lipinski definition) is 0. The van der Waals surface area contributed by atoms with E-state index < -0.39 is 4.46 Å². The highest BCUT2D eigenvalue weighted by Crippen LogP contribution is 2.66. The van der Waals surface area contributed by atoms with E-state index >= 15 is 0 Å². The Morgan fingerprint density at radius 3 is 2.00 bits per heavy atom. The molecule has 2 aromatic rings. The molecule has 0 amide bonds. The SMILES string of the molecule is CCC1(c2ccccc2)N(Cc2ccccc2)C1(Cl)Cl. The van der Waals surface area contributed by atoms with Crippen molar-refractivity contribution in [2.24, 2.45) is 0 Å². The van der Waals surface area contributed by atoms with Crippen molar-refractivity contribution in [3.63, 3.8) is 0 Å². The van der Waals surface area contributed by atoms with Crippen LogP contribution in [0, 0.1) is 0 Å². The Balaban J connectivity index is 1.93. The predicted molar refractivity (Wildman–Crippen MR) is 84.8 cm³/mol. The van der Waals surface area contributed by atoms with Gasteiger partial charge in [-0.15, -0.1) is 0 Å². The van der Waals surface area contributed by atoms with E-state index in [9.17, 15) is 0 Å². The summed E-state index contributed by atoms with van der Waals surface area (Å²) in [7, 11) is 0. The lowest BCUT2D eigenvalue weighted by molar-refractivity contribution is 0.394. The van der Waals surface area contributed by atoms with E-state index in [0.717, 1.165) is 13.0 Å². The predicted octanol–water partition coefficient (Wildman–Crippen LogP) is 4.94. The van der Waals surface area contributed by atoms with Crippen LogP contribution in [0.1, 0.15) is 24.5 Å². The third kappa shape index (κ3) is 1.96. The maximum Gasteiger partial charge on any atom is 0.195 e. The lowest BCUT2D eigenvalue weighted by atomic mass is 9.96. The maximum absolute atomic E-state index is 6.61. The van der Waals surface area contributed by atoms with Gasteiger partial charge < -0.3 is 0 Å². The summed E-state index contributed by atoms with van der Waals surface area (Å²) in [6, 6.07) is 20.6. The molecule has 0 spiro atoms. The van der Waals surface area contributed by atoms with E-state index in [2.05, 4.69) is 36.1 Å².